The van der Waals surface area contributed by atoms with Crippen molar-refractivity contribution in [2.75, 3.05) is 25.6 Å². The summed E-state index contributed by atoms with van der Waals surface area (Å²) in [6, 6.07) is 4.55. The molecular formula is C15H24N2O2. The van der Waals surface area contributed by atoms with Gasteiger partial charge < -0.3 is 14.8 Å². The predicted octanol–water partition coefficient (Wildman–Crippen LogP) is 3.24. The summed E-state index contributed by atoms with van der Waals surface area (Å²) in [5.74, 6) is 0.656. The molecule has 0 aromatic carbocycles. The number of methoxy groups -OCH3 is 1. The summed E-state index contributed by atoms with van der Waals surface area (Å²) >= 11 is 0. The summed E-state index contributed by atoms with van der Waals surface area (Å²) in [5.41, 5.74) is 1.09. The average molecular weight is 264 g/mol. The maximum atomic E-state index is 5.45. The number of ether oxygens (including phenoxy) is 2. The van der Waals surface area contributed by atoms with E-state index < -0.39 is 0 Å². The van der Waals surface area contributed by atoms with Crippen molar-refractivity contribution in [3.63, 3.8) is 0 Å². The number of hydrogen-bond donors (Lipinski definition) is 1. The van der Waals surface area contributed by atoms with E-state index in [0.717, 1.165) is 5.69 Å². The van der Waals surface area contributed by atoms with E-state index >= 15 is 0 Å². The number of anilines is 1. The molecule has 1 aliphatic rings. The van der Waals surface area contributed by atoms with Crippen LogP contribution in [0.5, 0.6) is 5.88 Å². The number of nitrogens with zero attached hydrogens (tertiary/aromatic N) is 1. The molecule has 1 aromatic rings. The smallest absolute Gasteiger partial charge is 0.213 e. The summed E-state index contributed by atoms with van der Waals surface area (Å²) in [5, 5.41) is 3.57. The summed E-state index contributed by atoms with van der Waals surface area (Å²) in [7, 11) is 1.66. The Labute approximate surface area is 115 Å². The van der Waals surface area contributed by atoms with E-state index in [4.69, 9.17) is 9.47 Å². The highest BCUT2D eigenvalue weighted by molar-refractivity contribution is 5.42. The van der Waals surface area contributed by atoms with Crippen molar-refractivity contribution in [2.24, 2.45) is 0 Å². The van der Waals surface area contributed by atoms with Crippen LogP contribution in [0.25, 0.3) is 0 Å². The monoisotopic (exact) mass is 264 g/mol. The molecule has 19 heavy (non-hydrogen) atoms. The van der Waals surface area contributed by atoms with E-state index in [-0.39, 0.29) is 0 Å². The summed E-state index contributed by atoms with van der Waals surface area (Å²) < 4.78 is 10.4. The highest BCUT2D eigenvalue weighted by Crippen LogP contribution is 2.21. The van der Waals surface area contributed by atoms with Crippen LogP contribution in [0.4, 0.5) is 5.69 Å². The van der Waals surface area contributed by atoms with Crippen LogP contribution in [0.2, 0.25) is 0 Å². The van der Waals surface area contributed by atoms with Crippen molar-refractivity contribution in [2.45, 2.75) is 44.6 Å². The van der Waals surface area contributed by atoms with Crippen molar-refractivity contribution < 1.29 is 9.47 Å². The Morgan fingerprint density at radius 2 is 1.95 bits per heavy atom. The largest absolute Gasteiger partial charge is 0.475 e. The zero-order chi connectivity index (χ0) is 13.3. The van der Waals surface area contributed by atoms with Gasteiger partial charge in [0.15, 0.2) is 0 Å². The Balaban J connectivity index is 1.80. The number of pyridine rings is 1. The predicted molar refractivity (Wildman–Crippen MR) is 76.7 cm³/mol. The van der Waals surface area contributed by atoms with E-state index in [2.05, 4.69) is 10.3 Å². The third-order valence-corrected chi connectivity index (χ3v) is 3.50. The molecule has 1 aromatic heterocycles. The Kier molecular flexibility index (Phi) is 5.95. The van der Waals surface area contributed by atoms with Gasteiger partial charge in [0.25, 0.3) is 0 Å². The van der Waals surface area contributed by atoms with Gasteiger partial charge in [0.1, 0.15) is 6.61 Å². The first-order valence-corrected chi connectivity index (χ1v) is 7.23. The third-order valence-electron chi connectivity index (χ3n) is 3.50. The van der Waals surface area contributed by atoms with Crippen LogP contribution in [-0.4, -0.2) is 31.3 Å². The molecule has 106 valence electrons. The third kappa shape index (κ3) is 5.07. The molecule has 1 aliphatic carbocycles. The van der Waals surface area contributed by atoms with Gasteiger partial charge in [0.2, 0.25) is 5.88 Å². The lowest BCUT2D eigenvalue weighted by Crippen LogP contribution is -2.18. The van der Waals surface area contributed by atoms with Gasteiger partial charge in [-0.3, -0.25) is 0 Å². The van der Waals surface area contributed by atoms with Crippen molar-refractivity contribution in [1.29, 1.82) is 0 Å². The molecule has 4 nitrogen and oxygen atoms in total. The van der Waals surface area contributed by atoms with Gasteiger partial charge in [-0.1, -0.05) is 25.7 Å². The summed E-state index contributed by atoms with van der Waals surface area (Å²) in [4.78, 5) is 4.30. The average Bonchev–Trinajstić information content (AvgIpc) is 2.70. The molecule has 0 spiro atoms. The number of hydrogen-bond acceptors (Lipinski definition) is 4. The minimum atomic E-state index is 0.541. The van der Waals surface area contributed by atoms with E-state index in [0.29, 0.717) is 25.1 Å². The second kappa shape index (κ2) is 8.00. The van der Waals surface area contributed by atoms with E-state index in [1.54, 1.807) is 7.11 Å². The Morgan fingerprint density at radius 1 is 1.16 bits per heavy atom. The lowest BCUT2D eigenvalue weighted by molar-refractivity contribution is 0.144. The Hall–Kier alpha value is -1.29. The van der Waals surface area contributed by atoms with Crippen LogP contribution < -0.4 is 10.1 Å². The first kappa shape index (κ1) is 14.1. The minimum Gasteiger partial charge on any atom is -0.475 e. The molecule has 1 N–H and O–H groups in total. The molecule has 1 saturated carbocycles. The standard InChI is InChI=1S/C15H24N2O2/c1-18-10-11-19-15-9-8-14(12-16-15)17-13-6-4-2-3-5-7-13/h8-9,12-13,17H,2-7,10-11H2,1H3. The number of aromatic nitrogens is 1. The summed E-state index contributed by atoms with van der Waals surface area (Å²) in [6.45, 7) is 1.13. The molecule has 0 saturated heterocycles. The molecular weight excluding hydrogens is 240 g/mol. The van der Waals surface area contributed by atoms with Crippen LogP contribution in [0.1, 0.15) is 38.5 Å². The maximum absolute atomic E-state index is 5.45. The molecule has 0 bridgehead atoms. The fourth-order valence-corrected chi connectivity index (χ4v) is 2.44. The second-order valence-corrected chi connectivity index (χ2v) is 5.06. The molecule has 0 atom stereocenters. The lowest BCUT2D eigenvalue weighted by Gasteiger charge is -2.17. The van der Waals surface area contributed by atoms with Gasteiger partial charge in [-0.15, -0.1) is 0 Å². The molecule has 1 fully saturated rings. The quantitative estimate of drug-likeness (QED) is 0.633. The number of nitrogens with one attached hydrogen (secondary N) is 1. The zero-order valence-electron chi connectivity index (χ0n) is 11.7. The van der Waals surface area contributed by atoms with Crippen molar-refractivity contribution in [3.8, 4) is 5.88 Å². The second-order valence-electron chi connectivity index (χ2n) is 5.06. The SMILES string of the molecule is COCCOc1ccc(NC2CCCCCC2)cn1. The highest BCUT2D eigenvalue weighted by Gasteiger charge is 2.11. The highest BCUT2D eigenvalue weighted by atomic mass is 16.5. The van der Waals surface area contributed by atoms with Crippen LogP contribution in [0.3, 0.4) is 0 Å². The molecule has 1 heterocycles. The van der Waals surface area contributed by atoms with Crippen molar-refractivity contribution in [1.82, 2.24) is 4.98 Å². The molecule has 0 unspecified atom stereocenters. The first-order chi connectivity index (χ1) is 9.38. The van der Waals surface area contributed by atoms with Gasteiger partial charge >= 0.3 is 0 Å². The van der Waals surface area contributed by atoms with Crippen LogP contribution >= 0.6 is 0 Å². The normalized spacial score (nSPS) is 16.9. The van der Waals surface area contributed by atoms with Crippen molar-refractivity contribution in [3.05, 3.63) is 18.3 Å². The Bertz CT molecular complexity index is 346. The van der Waals surface area contributed by atoms with Crippen LogP contribution in [0.15, 0.2) is 18.3 Å². The summed E-state index contributed by atoms with van der Waals surface area (Å²) in [6.07, 6.45) is 9.82. The minimum absolute atomic E-state index is 0.541. The van der Waals surface area contributed by atoms with Gasteiger partial charge in [-0.05, 0) is 18.9 Å². The molecule has 0 aliphatic heterocycles. The topological polar surface area (TPSA) is 43.4 Å². The molecule has 0 amide bonds. The first-order valence-electron chi connectivity index (χ1n) is 7.23. The van der Waals surface area contributed by atoms with Crippen molar-refractivity contribution >= 4 is 5.69 Å². The Morgan fingerprint density at radius 3 is 2.58 bits per heavy atom. The van der Waals surface area contributed by atoms with Gasteiger partial charge in [-0.25, -0.2) is 4.98 Å². The van der Waals surface area contributed by atoms with Crippen LogP contribution in [-0.2, 0) is 4.74 Å². The van der Waals surface area contributed by atoms with E-state index in [1.807, 2.05) is 18.3 Å². The van der Waals surface area contributed by atoms with E-state index in [1.165, 1.54) is 38.5 Å². The van der Waals surface area contributed by atoms with Gasteiger partial charge in [-0.2, -0.15) is 0 Å². The molecule has 0 radical (unpaired) electrons. The molecule has 4 heteroatoms. The molecule has 2 rings (SSSR count). The fraction of sp³-hybridized carbons (Fsp3) is 0.667. The maximum Gasteiger partial charge on any atom is 0.213 e. The fourth-order valence-electron chi connectivity index (χ4n) is 2.44. The zero-order valence-corrected chi connectivity index (χ0v) is 11.7. The van der Waals surface area contributed by atoms with Crippen LogP contribution in [0, 0.1) is 0 Å². The lowest BCUT2D eigenvalue weighted by atomic mass is 10.1. The van der Waals surface area contributed by atoms with Gasteiger partial charge in [0, 0.05) is 19.2 Å². The van der Waals surface area contributed by atoms with E-state index in [9.17, 15) is 0 Å². The number of rotatable bonds is 6. The van der Waals surface area contributed by atoms with Gasteiger partial charge in [0.05, 0.1) is 18.5 Å².